The minimum Gasteiger partial charge on any atom is -0.396 e. The van der Waals surface area contributed by atoms with Crippen LogP contribution in [0, 0.1) is 0 Å². The van der Waals surface area contributed by atoms with E-state index in [1.807, 2.05) is 30.0 Å². The van der Waals surface area contributed by atoms with Gasteiger partial charge in [0.1, 0.15) is 0 Å². The van der Waals surface area contributed by atoms with Gasteiger partial charge in [0, 0.05) is 17.3 Å². The molecule has 2 N–H and O–H groups in total. The number of aliphatic hydroxyl groups excluding tert-OH is 2. The number of hydrogen-bond donors (Lipinski definition) is 2. The molecule has 1 aromatic carbocycles. The van der Waals surface area contributed by atoms with Crippen molar-refractivity contribution in [3.63, 3.8) is 0 Å². The highest BCUT2D eigenvalue weighted by Crippen LogP contribution is 2.46. The Morgan fingerprint density at radius 3 is 2.71 bits per heavy atom. The minimum absolute atomic E-state index is 0.0585. The Morgan fingerprint density at radius 1 is 1.35 bits per heavy atom. The zero-order valence-electron chi connectivity index (χ0n) is 9.71. The van der Waals surface area contributed by atoms with E-state index in [1.54, 1.807) is 11.8 Å². The maximum absolute atomic E-state index is 10.3. The van der Waals surface area contributed by atoms with E-state index in [4.69, 9.17) is 5.11 Å². The molecule has 2 nitrogen and oxygen atoms in total. The van der Waals surface area contributed by atoms with Gasteiger partial charge in [0.15, 0.2) is 0 Å². The Morgan fingerprint density at radius 2 is 2.12 bits per heavy atom. The van der Waals surface area contributed by atoms with Gasteiger partial charge in [0.25, 0.3) is 0 Å². The molecule has 0 radical (unpaired) electrons. The minimum atomic E-state index is -0.423. The van der Waals surface area contributed by atoms with Crippen LogP contribution in [0.2, 0.25) is 0 Å². The van der Waals surface area contributed by atoms with Crippen molar-refractivity contribution in [3.8, 4) is 0 Å². The van der Waals surface area contributed by atoms with Crippen molar-refractivity contribution in [1.82, 2.24) is 0 Å². The highest BCUT2D eigenvalue weighted by Gasteiger charge is 2.41. The van der Waals surface area contributed by atoms with Gasteiger partial charge in [-0.1, -0.05) is 18.2 Å². The Hall–Kier alpha value is -0.160. The van der Waals surface area contributed by atoms with E-state index >= 15 is 0 Å². The molecule has 1 heterocycles. The van der Waals surface area contributed by atoms with E-state index in [1.165, 1.54) is 4.90 Å². The molecule has 0 saturated carbocycles. The molecule has 4 heteroatoms. The predicted octanol–water partition coefficient (Wildman–Crippen LogP) is 2.40. The highest BCUT2D eigenvalue weighted by atomic mass is 32.2. The standard InChI is InChI=1S/C13H18O2S2/c14-8-6-12(15)13(7-9-16-10-13)17-11-4-2-1-3-5-11/h1-5,12,14-15H,6-10H2/t12-,13?/m1/s1. The molecule has 0 aliphatic carbocycles. The average Bonchev–Trinajstić information content (AvgIpc) is 2.80. The summed E-state index contributed by atoms with van der Waals surface area (Å²) in [4.78, 5) is 1.20. The van der Waals surface area contributed by atoms with Crippen molar-refractivity contribution in [2.24, 2.45) is 0 Å². The van der Waals surface area contributed by atoms with Crippen LogP contribution >= 0.6 is 23.5 Å². The molecule has 1 saturated heterocycles. The van der Waals surface area contributed by atoms with Crippen LogP contribution in [0.1, 0.15) is 12.8 Å². The summed E-state index contributed by atoms with van der Waals surface area (Å²) in [6.07, 6.45) is 1.06. The van der Waals surface area contributed by atoms with Gasteiger partial charge in [-0.25, -0.2) is 0 Å². The van der Waals surface area contributed by atoms with Crippen LogP contribution in [-0.4, -0.2) is 39.2 Å². The molecular formula is C13H18O2S2. The third-order valence-electron chi connectivity index (χ3n) is 3.09. The molecule has 1 unspecified atom stereocenters. The number of benzene rings is 1. The topological polar surface area (TPSA) is 40.5 Å². The van der Waals surface area contributed by atoms with Gasteiger partial charge in [0.05, 0.1) is 10.9 Å². The molecule has 1 aliphatic rings. The zero-order chi connectivity index (χ0) is 12.1. The quantitative estimate of drug-likeness (QED) is 0.862. The van der Waals surface area contributed by atoms with Crippen LogP contribution < -0.4 is 0 Å². The van der Waals surface area contributed by atoms with Crippen molar-refractivity contribution in [3.05, 3.63) is 30.3 Å². The van der Waals surface area contributed by atoms with Gasteiger partial charge in [0.2, 0.25) is 0 Å². The maximum Gasteiger partial charge on any atom is 0.0720 e. The van der Waals surface area contributed by atoms with Crippen LogP contribution in [0.3, 0.4) is 0 Å². The predicted molar refractivity (Wildman–Crippen MR) is 74.7 cm³/mol. The third kappa shape index (κ3) is 3.19. The fraction of sp³-hybridized carbons (Fsp3) is 0.538. The number of rotatable bonds is 5. The van der Waals surface area contributed by atoms with Crippen molar-refractivity contribution < 1.29 is 10.2 Å². The zero-order valence-corrected chi connectivity index (χ0v) is 11.3. The lowest BCUT2D eigenvalue weighted by molar-refractivity contribution is 0.103. The summed E-state index contributed by atoms with van der Waals surface area (Å²) in [6, 6.07) is 10.2. The van der Waals surface area contributed by atoms with Gasteiger partial charge in [-0.3, -0.25) is 0 Å². The van der Waals surface area contributed by atoms with Gasteiger partial charge in [-0.2, -0.15) is 11.8 Å². The molecule has 2 atom stereocenters. The molecule has 0 aromatic heterocycles. The summed E-state index contributed by atoms with van der Waals surface area (Å²) in [5.41, 5.74) is 0. The lowest BCUT2D eigenvalue weighted by Crippen LogP contribution is -2.39. The third-order valence-corrected chi connectivity index (χ3v) is 6.02. The molecule has 1 fully saturated rings. The molecule has 0 amide bonds. The Labute approximate surface area is 111 Å². The molecule has 17 heavy (non-hydrogen) atoms. The average molecular weight is 270 g/mol. The Kier molecular flexibility index (Phi) is 4.79. The fourth-order valence-corrected chi connectivity index (χ4v) is 5.25. The van der Waals surface area contributed by atoms with Crippen LogP contribution in [0.4, 0.5) is 0 Å². The summed E-state index contributed by atoms with van der Waals surface area (Å²) >= 11 is 3.66. The van der Waals surface area contributed by atoms with E-state index < -0.39 is 6.10 Å². The molecule has 94 valence electrons. The van der Waals surface area contributed by atoms with E-state index in [9.17, 15) is 5.11 Å². The first kappa shape index (κ1) is 13.3. The summed E-state index contributed by atoms with van der Waals surface area (Å²) in [5, 5.41) is 19.3. The van der Waals surface area contributed by atoms with Gasteiger partial charge < -0.3 is 10.2 Å². The van der Waals surface area contributed by atoms with Gasteiger partial charge >= 0.3 is 0 Å². The first-order valence-corrected chi connectivity index (χ1v) is 7.85. The number of thioether (sulfide) groups is 2. The van der Waals surface area contributed by atoms with Crippen LogP contribution in [0.5, 0.6) is 0 Å². The normalized spacial score (nSPS) is 26.0. The van der Waals surface area contributed by atoms with Crippen molar-refractivity contribution in [1.29, 1.82) is 0 Å². The summed E-state index contributed by atoms with van der Waals surface area (Å²) < 4.78 is -0.116. The highest BCUT2D eigenvalue weighted by molar-refractivity contribution is 8.04. The van der Waals surface area contributed by atoms with Gasteiger partial charge in [-0.05, 0) is 30.7 Å². The maximum atomic E-state index is 10.3. The fourth-order valence-electron chi connectivity index (χ4n) is 2.08. The van der Waals surface area contributed by atoms with E-state index in [0.717, 1.165) is 17.9 Å². The SMILES string of the molecule is OCC[C@@H](O)C1(Sc2ccccc2)CCSC1. The number of hydrogen-bond acceptors (Lipinski definition) is 4. The summed E-state index contributed by atoms with van der Waals surface area (Å²) in [5.74, 6) is 2.07. The summed E-state index contributed by atoms with van der Waals surface area (Å²) in [7, 11) is 0. The Balaban J connectivity index is 2.12. The van der Waals surface area contributed by atoms with Crippen LogP contribution in [0.15, 0.2) is 35.2 Å². The molecule has 0 bridgehead atoms. The first-order chi connectivity index (χ1) is 8.27. The van der Waals surface area contributed by atoms with Crippen molar-refractivity contribution >= 4 is 23.5 Å². The van der Waals surface area contributed by atoms with E-state index in [-0.39, 0.29) is 11.4 Å². The second-order valence-corrected chi connectivity index (χ2v) is 6.90. The molecule has 1 aliphatic heterocycles. The molecule has 1 aromatic rings. The van der Waals surface area contributed by atoms with Crippen LogP contribution in [0.25, 0.3) is 0 Å². The monoisotopic (exact) mass is 270 g/mol. The van der Waals surface area contributed by atoms with Crippen LogP contribution in [-0.2, 0) is 0 Å². The molecule has 0 spiro atoms. The van der Waals surface area contributed by atoms with E-state index in [2.05, 4.69) is 12.1 Å². The lowest BCUT2D eigenvalue weighted by Gasteiger charge is -2.32. The second kappa shape index (κ2) is 6.14. The summed E-state index contributed by atoms with van der Waals surface area (Å²) in [6.45, 7) is 0.0585. The van der Waals surface area contributed by atoms with Crippen molar-refractivity contribution in [2.45, 2.75) is 28.6 Å². The lowest BCUT2D eigenvalue weighted by atomic mass is 9.98. The van der Waals surface area contributed by atoms with Gasteiger partial charge in [-0.15, -0.1) is 11.8 Å². The number of aliphatic hydroxyl groups is 2. The smallest absolute Gasteiger partial charge is 0.0720 e. The first-order valence-electron chi connectivity index (χ1n) is 5.87. The second-order valence-electron chi connectivity index (χ2n) is 4.31. The van der Waals surface area contributed by atoms with E-state index in [0.29, 0.717) is 6.42 Å². The van der Waals surface area contributed by atoms with Crippen molar-refractivity contribution in [2.75, 3.05) is 18.1 Å². The molecular weight excluding hydrogens is 252 g/mol. The largest absolute Gasteiger partial charge is 0.396 e. The Bertz CT molecular complexity index is 337. The molecule has 2 rings (SSSR count).